The summed E-state index contributed by atoms with van der Waals surface area (Å²) in [5, 5.41) is 2.97. The second kappa shape index (κ2) is 7.97. The van der Waals surface area contributed by atoms with Gasteiger partial charge in [-0.05, 0) is 79.5 Å². The van der Waals surface area contributed by atoms with Crippen molar-refractivity contribution < 1.29 is 14.4 Å². The first-order chi connectivity index (χ1) is 16.5. The number of urea groups is 1. The van der Waals surface area contributed by atoms with E-state index in [1.807, 2.05) is 41.3 Å². The van der Waals surface area contributed by atoms with Crippen LogP contribution < -0.4 is 5.32 Å². The van der Waals surface area contributed by atoms with Crippen LogP contribution in [0.25, 0.3) is 0 Å². The maximum atomic E-state index is 13.6. The fourth-order valence-corrected chi connectivity index (χ4v) is 5.78. The quantitative estimate of drug-likeness (QED) is 0.637. The highest BCUT2D eigenvalue weighted by molar-refractivity contribution is 6.10. The zero-order valence-electron chi connectivity index (χ0n) is 19.6. The van der Waals surface area contributed by atoms with Gasteiger partial charge in [0.2, 0.25) is 5.91 Å². The molecule has 2 unspecified atom stereocenters. The summed E-state index contributed by atoms with van der Waals surface area (Å²) in [6, 6.07) is 15.9. The highest BCUT2D eigenvalue weighted by Crippen LogP contribution is 2.46. The van der Waals surface area contributed by atoms with E-state index >= 15 is 0 Å². The molecule has 2 atom stereocenters. The number of aryl methyl sites for hydroxylation is 1. The molecule has 176 valence electrons. The highest BCUT2D eigenvalue weighted by atomic mass is 16.2. The van der Waals surface area contributed by atoms with Gasteiger partial charge in [-0.15, -0.1) is 0 Å². The Hall–Kier alpha value is -3.15. The van der Waals surface area contributed by atoms with Gasteiger partial charge in [-0.2, -0.15) is 0 Å². The van der Waals surface area contributed by atoms with E-state index in [0.29, 0.717) is 24.8 Å². The first-order valence-corrected chi connectivity index (χ1v) is 12.6. The average Bonchev–Trinajstić information content (AvgIpc) is 3.77. The third kappa shape index (κ3) is 3.60. The van der Waals surface area contributed by atoms with E-state index < -0.39 is 11.6 Å². The van der Waals surface area contributed by atoms with Crippen molar-refractivity contribution in [2.24, 2.45) is 5.92 Å². The molecule has 3 aliphatic carbocycles. The predicted octanol–water partition coefficient (Wildman–Crippen LogP) is 4.08. The number of hydrogen-bond donors (Lipinski definition) is 1. The van der Waals surface area contributed by atoms with Crippen molar-refractivity contribution in [3.63, 3.8) is 0 Å². The summed E-state index contributed by atoms with van der Waals surface area (Å²) in [6.07, 6.45) is 6.01. The number of fused-ring (bicyclic) bond motifs is 2. The molecule has 1 aliphatic heterocycles. The molecule has 1 heterocycles. The normalized spacial score (nSPS) is 24.3. The van der Waals surface area contributed by atoms with Gasteiger partial charge in [0.1, 0.15) is 12.1 Å². The number of nitrogens with zero attached hydrogens (tertiary/aromatic N) is 2. The molecule has 0 aromatic heterocycles. The maximum absolute atomic E-state index is 13.6. The lowest BCUT2D eigenvalue weighted by atomic mass is 9.90. The van der Waals surface area contributed by atoms with Crippen molar-refractivity contribution in [2.75, 3.05) is 6.54 Å². The second-order valence-corrected chi connectivity index (χ2v) is 10.5. The van der Waals surface area contributed by atoms with Crippen LogP contribution in [-0.4, -0.2) is 40.2 Å². The average molecular weight is 458 g/mol. The number of rotatable bonds is 7. The van der Waals surface area contributed by atoms with E-state index in [4.69, 9.17) is 0 Å². The topological polar surface area (TPSA) is 69.7 Å². The largest absolute Gasteiger partial charge is 0.334 e. The van der Waals surface area contributed by atoms with Crippen LogP contribution in [0.1, 0.15) is 67.2 Å². The molecule has 1 spiro atoms. The van der Waals surface area contributed by atoms with Gasteiger partial charge in [0.25, 0.3) is 5.91 Å². The summed E-state index contributed by atoms with van der Waals surface area (Å²) in [4.78, 5) is 43.1. The molecule has 4 amide bonds. The molecule has 6 nitrogen and oxygen atoms in total. The van der Waals surface area contributed by atoms with Crippen molar-refractivity contribution in [3.8, 4) is 0 Å². The Morgan fingerprint density at radius 1 is 1.12 bits per heavy atom. The summed E-state index contributed by atoms with van der Waals surface area (Å²) in [5.41, 5.74) is 3.41. The first kappa shape index (κ1) is 21.4. The SMILES string of the molecule is CC(C1CC1)N(Cc1ccccc1)C(=O)CN1C(=O)NC2(CCc3cc(C4CC4)ccc32)C1=O. The van der Waals surface area contributed by atoms with Crippen molar-refractivity contribution in [1.82, 2.24) is 15.1 Å². The molecular formula is C28H31N3O3. The Morgan fingerprint density at radius 2 is 1.88 bits per heavy atom. The third-order valence-electron chi connectivity index (χ3n) is 8.19. The highest BCUT2D eigenvalue weighted by Gasteiger charge is 2.56. The van der Waals surface area contributed by atoms with Crippen molar-refractivity contribution in [1.29, 1.82) is 0 Å². The van der Waals surface area contributed by atoms with Gasteiger partial charge < -0.3 is 10.2 Å². The minimum atomic E-state index is -1.03. The number of hydrogen-bond acceptors (Lipinski definition) is 3. The number of imide groups is 1. The monoisotopic (exact) mass is 457 g/mol. The van der Waals surface area contributed by atoms with Crippen LogP contribution in [-0.2, 0) is 28.1 Å². The van der Waals surface area contributed by atoms with E-state index in [0.717, 1.165) is 40.9 Å². The van der Waals surface area contributed by atoms with E-state index in [1.165, 1.54) is 18.4 Å². The van der Waals surface area contributed by atoms with Crippen LogP contribution in [0.2, 0.25) is 0 Å². The van der Waals surface area contributed by atoms with Crippen LogP contribution in [0.5, 0.6) is 0 Å². The van der Waals surface area contributed by atoms with Gasteiger partial charge in [-0.1, -0.05) is 48.5 Å². The van der Waals surface area contributed by atoms with Gasteiger partial charge in [0, 0.05) is 12.6 Å². The molecule has 1 saturated heterocycles. The summed E-state index contributed by atoms with van der Waals surface area (Å²) < 4.78 is 0. The van der Waals surface area contributed by atoms with Crippen molar-refractivity contribution >= 4 is 17.8 Å². The van der Waals surface area contributed by atoms with Gasteiger partial charge in [-0.25, -0.2) is 4.79 Å². The number of benzene rings is 2. The minimum absolute atomic E-state index is 0.0792. The van der Waals surface area contributed by atoms with Crippen molar-refractivity contribution in [2.45, 2.75) is 69.5 Å². The van der Waals surface area contributed by atoms with Gasteiger partial charge in [-0.3, -0.25) is 14.5 Å². The summed E-state index contributed by atoms with van der Waals surface area (Å²) in [7, 11) is 0. The van der Waals surface area contributed by atoms with Crippen LogP contribution in [0.15, 0.2) is 48.5 Å². The van der Waals surface area contributed by atoms with E-state index in [2.05, 4.69) is 24.4 Å². The van der Waals surface area contributed by atoms with Crippen LogP contribution >= 0.6 is 0 Å². The van der Waals surface area contributed by atoms with E-state index in [1.54, 1.807) is 0 Å². The Balaban J connectivity index is 1.22. The standard InChI is InChI=1S/C28H31N3O3/c1-18(20-7-8-20)30(16-19-5-3-2-4-6-19)25(32)17-31-26(33)28(29-27(31)34)14-13-23-15-22(21-9-10-21)11-12-24(23)28/h2-6,11-12,15,18,20-21H,7-10,13-14,16-17H2,1H3,(H,29,34). The Bertz CT molecular complexity index is 1150. The van der Waals surface area contributed by atoms with E-state index in [9.17, 15) is 14.4 Å². The minimum Gasteiger partial charge on any atom is -0.334 e. The smallest absolute Gasteiger partial charge is 0.325 e. The van der Waals surface area contributed by atoms with Crippen LogP contribution in [0, 0.1) is 5.92 Å². The lowest BCUT2D eigenvalue weighted by Gasteiger charge is -2.31. The molecule has 0 bridgehead atoms. The Morgan fingerprint density at radius 3 is 2.59 bits per heavy atom. The van der Waals surface area contributed by atoms with Crippen LogP contribution in [0.4, 0.5) is 4.79 Å². The molecule has 6 heteroatoms. The Labute approximate surface area is 200 Å². The summed E-state index contributed by atoms with van der Waals surface area (Å²) in [6.45, 7) is 2.35. The fourth-order valence-electron chi connectivity index (χ4n) is 5.78. The van der Waals surface area contributed by atoms with Crippen molar-refractivity contribution in [3.05, 3.63) is 70.8 Å². The van der Waals surface area contributed by atoms with E-state index in [-0.39, 0.29) is 24.4 Å². The summed E-state index contributed by atoms with van der Waals surface area (Å²) >= 11 is 0. The van der Waals surface area contributed by atoms with Crippen LogP contribution in [0.3, 0.4) is 0 Å². The second-order valence-electron chi connectivity index (χ2n) is 10.5. The maximum Gasteiger partial charge on any atom is 0.325 e. The third-order valence-corrected chi connectivity index (χ3v) is 8.19. The number of amides is 4. The molecule has 34 heavy (non-hydrogen) atoms. The predicted molar refractivity (Wildman–Crippen MR) is 128 cm³/mol. The lowest BCUT2D eigenvalue weighted by Crippen LogP contribution is -2.47. The molecule has 2 saturated carbocycles. The number of nitrogens with one attached hydrogen (secondary N) is 1. The zero-order chi connectivity index (χ0) is 23.4. The Kier molecular flexibility index (Phi) is 5.01. The fraction of sp³-hybridized carbons (Fsp3) is 0.464. The van der Waals surface area contributed by atoms with Gasteiger partial charge >= 0.3 is 6.03 Å². The zero-order valence-corrected chi connectivity index (χ0v) is 19.6. The molecule has 6 rings (SSSR count). The molecule has 1 N–H and O–H groups in total. The molecule has 3 fully saturated rings. The van der Waals surface area contributed by atoms with Gasteiger partial charge in [0.15, 0.2) is 0 Å². The molecule has 2 aromatic rings. The van der Waals surface area contributed by atoms with Gasteiger partial charge in [0.05, 0.1) is 0 Å². The number of carbonyl (C=O) groups excluding carboxylic acids is 3. The lowest BCUT2D eigenvalue weighted by molar-refractivity contribution is -0.141. The molecular weight excluding hydrogens is 426 g/mol. The first-order valence-electron chi connectivity index (χ1n) is 12.6. The number of carbonyl (C=O) groups is 3. The summed E-state index contributed by atoms with van der Waals surface area (Å²) in [5.74, 6) is 0.673. The molecule has 0 radical (unpaired) electrons. The molecule has 4 aliphatic rings. The molecule has 2 aromatic carbocycles.